The quantitative estimate of drug-likeness (QED) is 0.813. The maximum atomic E-state index is 12.1. The van der Waals surface area contributed by atoms with E-state index < -0.39 is 18.6 Å². The number of nitrogens with two attached hydrogens (primary N) is 2. The van der Waals surface area contributed by atoms with E-state index in [1.807, 2.05) is 0 Å². The van der Waals surface area contributed by atoms with Gasteiger partial charge in [0, 0.05) is 16.8 Å². The summed E-state index contributed by atoms with van der Waals surface area (Å²) in [5.41, 5.74) is 11.3. The average molecular weight is 275 g/mol. The first-order valence-corrected chi connectivity index (χ1v) is 4.54. The summed E-state index contributed by atoms with van der Waals surface area (Å²) >= 11 is 5.64. The molecule has 0 amide bonds. The smallest absolute Gasteiger partial charge is 0.390 e. The molecule has 0 aliphatic heterocycles. The Morgan fingerprint density at radius 2 is 1.88 bits per heavy atom. The first-order valence-electron chi connectivity index (χ1n) is 4.17. The zero-order valence-electron chi connectivity index (χ0n) is 8.09. The molecule has 0 aliphatic rings. The molecule has 1 aromatic rings. The van der Waals surface area contributed by atoms with Gasteiger partial charge in [-0.1, -0.05) is 11.6 Å². The van der Waals surface area contributed by atoms with Crippen LogP contribution in [0.1, 0.15) is 18.0 Å². The van der Waals surface area contributed by atoms with E-state index in [4.69, 9.17) is 23.1 Å². The Balaban J connectivity index is 0.00000225. The van der Waals surface area contributed by atoms with E-state index in [1.54, 1.807) is 0 Å². The number of anilines is 1. The lowest BCUT2D eigenvalue weighted by molar-refractivity contribution is -0.138. The summed E-state index contributed by atoms with van der Waals surface area (Å²) in [6.07, 6.45) is -5.42. The van der Waals surface area contributed by atoms with Gasteiger partial charge in [-0.2, -0.15) is 13.2 Å². The van der Waals surface area contributed by atoms with Crippen LogP contribution in [-0.4, -0.2) is 6.18 Å². The van der Waals surface area contributed by atoms with E-state index in [0.717, 1.165) is 0 Å². The molecule has 7 heteroatoms. The van der Waals surface area contributed by atoms with Crippen LogP contribution >= 0.6 is 24.0 Å². The molecular formula is C9H11Cl2F3N2. The number of hydrogen-bond donors (Lipinski definition) is 2. The zero-order valence-corrected chi connectivity index (χ0v) is 9.66. The molecule has 0 saturated carbocycles. The first kappa shape index (κ1) is 15.3. The highest BCUT2D eigenvalue weighted by atomic mass is 35.5. The fraction of sp³-hybridized carbons (Fsp3) is 0.333. The minimum Gasteiger partial charge on any atom is -0.398 e. The van der Waals surface area contributed by atoms with Crippen molar-refractivity contribution in [3.05, 3.63) is 28.8 Å². The van der Waals surface area contributed by atoms with Crippen molar-refractivity contribution in [1.29, 1.82) is 0 Å². The maximum Gasteiger partial charge on any atom is 0.390 e. The molecule has 0 unspecified atom stereocenters. The minimum atomic E-state index is -4.31. The summed E-state index contributed by atoms with van der Waals surface area (Å²) in [5, 5.41) is 0.317. The first-order chi connectivity index (χ1) is 6.79. The van der Waals surface area contributed by atoms with Crippen molar-refractivity contribution in [2.75, 3.05) is 5.73 Å². The second kappa shape index (κ2) is 5.61. The van der Waals surface area contributed by atoms with Gasteiger partial charge < -0.3 is 11.5 Å². The third-order valence-electron chi connectivity index (χ3n) is 1.90. The van der Waals surface area contributed by atoms with Crippen molar-refractivity contribution in [1.82, 2.24) is 0 Å². The summed E-state index contributed by atoms with van der Waals surface area (Å²) in [6.45, 7) is 0. The highest BCUT2D eigenvalue weighted by molar-refractivity contribution is 6.30. The summed E-state index contributed by atoms with van der Waals surface area (Å²) in [7, 11) is 0. The van der Waals surface area contributed by atoms with E-state index in [-0.39, 0.29) is 23.7 Å². The highest BCUT2D eigenvalue weighted by Gasteiger charge is 2.31. The van der Waals surface area contributed by atoms with E-state index in [2.05, 4.69) is 0 Å². The van der Waals surface area contributed by atoms with Crippen molar-refractivity contribution >= 4 is 29.7 Å². The van der Waals surface area contributed by atoms with Crippen molar-refractivity contribution < 1.29 is 13.2 Å². The van der Waals surface area contributed by atoms with Gasteiger partial charge in [-0.3, -0.25) is 0 Å². The Morgan fingerprint density at radius 3 is 2.38 bits per heavy atom. The molecule has 0 spiro atoms. The number of hydrogen-bond acceptors (Lipinski definition) is 2. The van der Waals surface area contributed by atoms with Crippen molar-refractivity contribution in [2.24, 2.45) is 5.73 Å². The van der Waals surface area contributed by atoms with Gasteiger partial charge >= 0.3 is 6.18 Å². The number of halogens is 5. The minimum absolute atomic E-state index is 0. The molecule has 0 saturated heterocycles. The van der Waals surface area contributed by atoms with Gasteiger partial charge in [0.25, 0.3) is 0 Å². The fourth-order valence-corrected chi connectivity index (χ4v) is 1.41. The average Bonchev–Trinajstić information content (AvgIpc) is 2.06. The number of alkyl halides is 3. The summed E-state index contributed by atoms with van der Waals surface area (Å²) in [6, 6.07) is 3.12. The highest BCUT2D eigenvalue weighted by Crippen LogP contribution is 2.31. The normalized spacial score (nSPS) is 13.1. The number of benzene rings is 1. The van der Waals surface area contributed by atoms with Crippen LogP contribution < -0.4 is 11.5 Å². The molecule has 0 aliphatic carbocycles. The Kier molecular flexibility index (Phi) is 5.38. The lowest BCUT2D eigenvalue weighted by Crippen LogP contribution is -2.21. The molecule has 4 N–H and O–H groups in total. The topological polar surface area (TPSA) is 52.0 Å². The lowest BCUT2D eigenvalue weighted by atomic mass is 10.0. The molecule has 1 atom stereocenters. The van der Waals surface area contributed by atoms with E-state index in [1.165, 1.54) is 18.2 Å². The summed E-state index contributed by atoms with van der Waals surface area (Å²) in [4.78, 5) is 0. The van der Waals surface area contributed by atoms with Crippen molar-refractivity contribution in [2.45, 2.75) is 18.6 Å². The Labute approximate surface area is 102 Å². The molecule has 0 aromatic heterocycles. The van der Waals surface area contributed by atoms with Crippen LogP contribution in [0.3, 0.4) is 0 Å². The number of rotatable bonds is 2. The van der Waals surface area contributed by atoms with Crippen LogP contribution in [0.5, 0.6) is 0 Å². The van der Waals surface area contributed by atoms with Crippen molar-refractivity contribution in [3.8, 4) is 0 Å². The van der Waals surface area contributed by atoms with E-state index >= 15 is 0 Å². The molecule has 1 rings (SSSR count). The van der Waals surface area contributed by atoms with Crippen LogP contribution in [0.2, 0.25) is 5.02 Å². The predicted molar refractivity (Wildman–Crippen MR) is 60.7 cm³/mol. The SMILES string of the molecule is Cl.Nc1ccc(Cl)cc1[C@@H](N)CC(F)(F)F. The number of nitrogen functional groups attached to an aromatic ring is 1. The molecule has 92 valence electrons. The predicted octanol–water partition coefficient (Wildman–Crippen LogP) is 3.30. The standard InChI is InChI=1S/C9H10ClF3N2.ClH/c10-5-1-2-7(14)6(3-5)8(15)4-9(11,12)13;/h1-3,8H,4,14-15H2;1H/t8-;/m0./s1. The van der Waals surface area contributed by atoms with Gasteiger partial charge in [-0.25, -0.2) is 0 Å². The molecule has 1 aromatic carbocycles. The van der Waals surface area contributed by atoms with Crippen LogP contribution in [0.15, 0.2) is 18.2 Å². The fourth-order valence-electron chi connectivity index (χ4n) is 1.23. The molecule has 16 heavy (non-hydrogen) atoms. The largest absolute Gasteiger partial charge is 0.398 e. The van der Waals surface area contributed by atoms with Crippen LogP contribution in [-0.2, 0) is 0 Å². The Morgan fingerprint density at radius 1 is 1.31 bits per heavy atom. The Bertz CT molecular complexity index is 355. The monoisotopic (exact) mass is 274 g/mol. The van der Waals surface area contributed by atoms with E-state index in [0.29, 0.717) is 5.02 Å². The molecule has 0 heterocycles. The van der Waals surface area contributed by atoms with Gasteiger partial charge in [0.15, 0.2) is 0 Å². The third kappa shape index (κ3) is 4.47. The summed E-state index contributed by atoms with van der Waals surface area (Å²) in [5.74, 6) is 0. The Hall–Kier alpha value is -0.650. The third-order valence-corrected chi connectivity index (χ3v) is 2.13. The molecule has 0 radical (unpaired) electrons. The molecular weight excluding hydrogens is 264 g/mol. The van der Waals surface area contributed by atoms with Gasteiger partial charge in [0.1, 0.15) is 0 Å². The van der Waals surface area contributed by atoms with Gasteiger partial charge in [-0.05, 0) is 23.8 Å². The van der Waals surface area contributed by atoms with E-state index in [9.17, 15) is 13.2 Å². The van der Waals surface area contributed by atoms with Gasteiger partial charge in [0.2, 0.25) is 0 Å². The van der Waals surface area contributed by atoms with Gasteiger partial charge in [-0.15, -0.1) is 12.4 Å². The second-order valence-electron chi connectivity index (χ2n) is 3.20. The van der Waals surface area contributed by atoms with Gasteiger partial charge in [0.05, 0.1) is 6.42 Å². The molecule has 2 nitrogen and oxygen atoms in total. The van der Waals surface area contributed by atoms with Crippen LogP contribution in [0, 0.1) is 0 Å². The van der Waals surface area contributed by atoms with Crippen LogP contribution in [0.25, 0.3) is 0 Å². The lowest BCUT2D eigenvalue weighted by Gasteiger charge is -2.16. The molecule has 0 bridgehead atoms. The van der Waals surface area contributed by atoms with Crippen LogP contribution in [0.4, 0.5) is 18.9 Å². The summed E-state index contributed by atoms with van der Waals surface area (Å²) < 4.78 is 36.2. The zero-order chi connectivity index (χ0) is 11.6. The molecule has 0 fully saturated rings. The maximum absolute atomic E-state index is 12.1. The second-order valence-corrected chi connectivity index (χ2v) is 3.64. The van der Waals surface area contributed by atoms with Crippen molar-refractivity contribution in [3.63, 3.8) is 0 Å².